The number of aromatic nitrogens is 5. The molecule has 1 aliphatic heterocycles. The number of hydrogen-bond donors (Lipinski definition) is 2. The van der Waals surface area contributed by atoms with Gasteiger partial charge >= 0.3 is 0 Å². The fraction of sp³-hybridized carbons (Fsp3) is 0.241. The topological polar surface area (TPSA) is 113 Å². The van der Waals surface area contributed by atoms with Crippen LogP contribution in [0.25, 0.3) is 22.2 Å². The normalized spacial score (nSPS) is 15.1. The molecule has 0 aliphatic carbocycles. The number of ether oxygens (including phenoxy) is 2. The van der Waals surface area contributed by atoms with Gasteiger partial charge in [0, 0.05) is 60.5 Å². The molecule has 0 saturated carbocycles. The van der Waals surface area contributed by atoms with Crippen LogP contribution < -0.4 is 20.5 Å². The average molecular weight is 526 g/mol. The Balaban J connectivity index is 1.21. The van der Waals surface area contributed by atoms with Gasteiger partial charge in [0.1, 0.15) is 53.3 Å². The van der Waals surface area contributed by atoms with E-state index in [4.69, 9.17) is 15.2 Å². The summed E-state index contributed by atoms with van der Waals surface area (Å²) in [5, 5.41) is 4.37. The summed E-state index contributed by atoms with van der Waals surface area (Å²) < 4.78 is 28.2. The quantitative estimate of drug-likeness (QED) is 0.290. The summed E-state index contributed by atoms with van der Waals surface area (Å²) in [4.78, 5) is 17.0. The Kier molecular flexibility index (Phi) is 6.76. The lowest BCUT2D eigenvalue weighted by Crippen LogP contribution is -2.26. The van der Waals surface area contributed by atoms with Gasteiger partial charge in [0.05, 0.1) is 5.39 Å². The smallest absolute Gasteiger partial charge is 0.146 e. The molecule has 0 unspecified atom stereocenters. The molecule has 2 aromatic carbocycles. The van der Waals surface area contributed by atoms with Crippen molar-refractivity contribution in [3.05, 3.63) is 84.6 Å². The molecule has 39 heavy (non-hydrogen) atoms. The molecule has 1 fully saturated rings. The van der Waals surface area contributed by atoms with E-state index in [-0.39, 0.29) is 6.61 Å². The van der Waals surface area contributed by atoms with Crippen molar-refractivity contribution in [2.24, 2.45) is 0 Å². The summed E-state index contributed by atoms with van der Waals surface area (Å²) in [5.41, 5.74) is 9.80. The average Bonchev–Trinajstić information content (AvgIpc) is 3.58. The minimum atomic E-state index is -0.459. The van der Waals surface area contributed by atoms with E-state index < -0.39 is 5.82 Å². The van der Waals surface area contributed by atoms with Gasteiger partial charge in [0.15, 0.2) is 0 Å². The van der Waals surface area contributed by atoms with Gasteiger partial charge in [-0.25, -0.2) is 24.3 Å². The molecule has 0 spiro atoms. The lowest BCUT2D eigenvalue weighted by molar-refractivity contribution is 0.301. The number of fused-ring (bicyclic) bond motifs is 1. The highest BCUT2D eigenvalue weighted by atomic mass is 19.1. The number of nitrogens with zero attached hydrogens (tertiary/aromatic N) is 5. The van der Waals surface area contributed by atoms with Crippen LogP contribution in [0.15, 0.2) is 67.4 Å². The van der Waals surface area contributed by atoms with E-state index >= 15 is 0 Å². The number of nitrogens with two attached hydrogens (primary N) is 1. The first-order chi connectivity index (χ1) is 19.0. The summed E-state index contributed by atoms with van der Waals surface area (Å²) in [6, 6.07) is 12.3. The zero-order valence-corrected chi connectivity index (χ0v) is 21.5. The highest BCUT2D eigenvalue weighted by molar-refractivity contribution is 6.00. The van der Waals surface area contributed by atoms with Gasteiger partial charge in [-0.15, -0.1) is 0 Å². The second kappa shape index (κ2) is 10.7. The van der Waals surface area contributed by atoms with Crippen LogP contribution in [0.3, 0.4) is 0 Å². The van der Waals surface area contributed by atoms with Crippen LogP contribution in [0, 0.1) is 12.7 Å². The van der Waals surface area contributed by atoms with Crippen molar-refractivity contribution in [2.75, 3.05) is 12.3 Å². The first-order valence-electron chi connectivity index (χ1n) is 12.8. The fourth-order valence-electron chi connectivity index (χ4n) is 4.83. The number of aryl methyl sites for hydroxylation is 1. The standard InChI is InChI=1S/C29H28FN7O2/c1-18-33-12-19(13-34-18)16-38-24-9-21(30)10-25(11-24)39-23-6-4-20(5-7-23)26-15-37(14-22-3-2-8-32-22)29-27(26)28(31)35-17-36-29/h4-7,9-13,15,17,22,32H,2-3,8,14,16H2,1H3,(H2,31,35,36)/t22-/m0/s1. The number of rotatable bonds is 8. The number of nitrogen functional groups attached to an aromatic ring is 1. The minimum Gasteiger partial charge on any atom is -0.489 e. The Labute approximate surface area is 224 Å². The molecule has 198 valence electrons. The number of benzene rings is 2. The second-order valence-electron chi connectivity index (χ2n) is 9.62. The van der Waals surface area contributed by atoms with E-state index in [1.807, 2.05) is 31.2 Å². The molecule has 9 nitrogen and oxygen atoms in total. The maximum Gasteiger partial charge on any atom is 0.146 e. The van der Waals surface area contributed by atoms with Gasteiger partial charge in [-0.3, -0.25) is 0 Å². The molecule has 1 atom stereocenters. The predicted octanol–water partition coefficient (Wildman–Crippen LogP) is 5.04. The Morgan fingerprint density at radius 1 is 1.03 bits per heavy atom. The highest BCUT2D eigenvalue weighted by Gasteiger charge is 2.20. The van der Waals surface area contributed by atoms with Crippen LogP contribution in [-0.4, -0.2) is 37.1 Å². The van der Waals surface area contributed by atoms with Crippen LogP contribution >= 0.6 is 0 Å². The molecule has 0 radical (unpaired) electrons. The van der Waals surface area contributed by atoms with Crippen LogP contribution in [0.2, 0.25) is 0 Å². The third-order valence-corrected chi connectivity index (χ3v) is 6.75. The lowest BCUT2D eigenvalue weighted by Gasteiger charge is -2.11. The minimum absolute atomic E-state index is 0.217. The number of hydrogen-bond acceptors (Lipinski definition) is 8. The summed E-state index contributed by atoms with van der Waals surface area (Å²) in [7, 11) is 0. The van der Waals surface area contributed by atoms with Crippen LogP contribution in [0.1, 0.15) is 24.2 Å². The van der Waals surface area contributed by atoms with Crippen LogP contribution in [0.4, 0.5) is 10.2 Å². The van der Waals surface area contributed by atoms with E-state index in [1.165, 1.54) is 24.9 Å². The van der Waals surface area contributed by atoms with E-state index in [9.17, 15) is 4.39 Å². The molecule has 1 aliphatic rings. The maximum atomic E-state index is 14.3. The van der Waals surface area contributed by atoms with Gasteiger partial charge < -0.3 is 25.1 Å². The molecule has 1 saturated heterocycles. The molecule has 10 heteroatoms. The summed E-state index contributed by atoms with van der Waals surface area (Å²) in [6.07, 6.45) is 9.26. The van der Waals surface area contributed by atoms with Gasteiger partial charge in [-0.2, -0.15) is 0 Å². The van der Waals surface area contributed by atoms with E-state index in [0.29, 0.717) is 34.9 Å². The molecule has 3 aromatic heterocycles. The molecule has 3 N–H and O–H groups in total. The Bertz CT molecular complexity index is 1600. The summed E-state index contributed by atoms with van der Waals surface area (Å²) in [5.74, 6) is 1.90. The molecule has 0 bridgehead atoms. The van der Waals surface area contributed by atoms with Crippen LogP contribution in [0.5, 0.6) is 17.2 Å². The summed E-state index contributed by atoms with van der Waals surface area (Å²) >= 11 is 0. The van der Waals surface area contributed by atoms with Crippen molar-refractivity contribution in [1.82, 2.24) is 29.8 Å². The zero-order valence-electron chi connectivity index (χ0n) is 21.5. The second-order valence-corrected chi connectivity index (χ2v) is 9.62. The highest BCUT2D eigenvalue weighted by Crippen LogP contribution is 2.35. The van der Waals surface area contributed by atoms with E-state index in [0.717, 1.165) is 47.2 Å². The van der Waals surface area contributed by atoms with Gasteiger partial charge in [-0.05, 0) is 44.0 Å². The first-order valence-corrected chi connectivity index (χ1v) is 12.8. The van der Waals surface area contributed by atoms with Crippen molar-refractivity contribution >= 4 is 16.9 Å². The molecular weight excluding hydrogens is 497 g/mol. The van der Waals surface area contributed by atoms with Crippen molar-refractivity contribution < 1.29 is 13.9 Å². The van der Waals surface area contributed by atoms with Gasteiger partial charge in [-0.1, -0.05) is 12.1 Å². The first kappa shape index (κ1) is 24.7. The van der Waals surface area contributed by atoms with Crippen molar-refractivity contribution in [3.8, 4) is 28.4 Å². The Morgan fingerprint density at radius 2 is 1.82 bits per heavy atom. The van der Waals surface area contributed by atoms with Crippen molar-refractivity contribution in [3.63, 3.8) is 0 Å². The Morgan fingerprint density at radius 3 is 2.59 bits per heavy atom. The van der Waals surface area contributed by atoms with Crippen molar-refractivity contribution in [1.29, 1.82) is 0 Å². The summed E-state index contributed by atoms with van der Waals surface area (Å²) in [6.45, 7) is 3.88. The number of anilines is 1. The lowest BCUT2D eigenvalue weighted by atomic mass is 10.1. The number of halogens is 1. The fourth-order valence-corrected chi connectivity index (χ4v) is 4.83. The van der Waals surface area contributed by atoms with E-state index in [2.05, 4.69) is 36.0 Å². The zero-order chi connectivity index (χ0) is 26.8. The third kappa shape index (κ3) is 5.51. The Hall–Kier alpha value is -4.57. The maximum absolute atomic E-state index is 14.3. The largest absolute Gasteiger partial charge is 0.489 e. The third-order valence-electron chi connectivity index (χ3n) is 6.75. The SMILES string of the molecule is Cc1ncc(COc2cc(F)cc(Oc3ccc(-c4cn(C[C@@H]5CCCN5)c5ncnc(N)c45)cc3)c2)cn1. The predicted molar refractivity (Wildman–Crippen MR) is 146 cm³/mol. The molecule has 0 amide bonds. The van der Waals surface area contributed by atoms with Gasteiger partial charge in [0.25, 0.3) is 0 Å². The molecule has 5 aromatic rings. The van der Waals surface area contributed by atoms with Gasteiger partial charge in [0.2, 0.25) is 0 Å². The number of nitrogens with one attached hydrogen (secondary N) is 1. The van der Waals surface area contributed by atoms with Crippen LogP contribution in [-0.2, 0) is 13.2 Å². The monoisotopic (exact) mass is 525 g/mol. The molecular formula is C29H28FN7O2. The van der Waals surface area contributed by atoms with Crippen molar-refractivity contribution in [2.45, 2.75) is 39.0 Å². The molecule has 4 heterocycles. The van der Waals surface area contributed by atoms with E-state index in [1.54, 1.807) is 18.5 Å². The molecule has 6 rings (SSSR count).